The highest BCUT2D eigenvalue weighted by molar-refractivity contribution is 5.98. The molecule has 0 saturated heterocycles. The molecule has 0 radical (unpaired) electrons. The average Bonchev–Trinajstić information content (AvgIpc) is 2.96. The second-order valence-corrected chi connectivity index (χ2v) is 5.54. The van der Waals surface area contributed by atoms with Crippen molar-refractivity contribution >= 4 is 16.8 Å². The zero-order valence-electron chi connectivity index (χ0n) is 13.2. The molecule has 2 N–H and O–H groups in total. The Morgan fingerprint density at radius 1 is 1.13 bits per heavy atom. The summed E-state index contributed by atoms with van der Waals surface area (Å²) in [5.41, 5.74) is 5.26. The first-order valence-electron chi connectivity index (χ1n) is 7.39. The third kappa shape index (κ3) is 3.70. The Bertz CT molecular complexity index is 810. The van der Waals surface area contributed by atoms with E-state index >= 15 is 0 Å². The molecular formula is C18H19N3O2. The zero-order valence-corrected chi connectivity index (χ0v) is 13.2. The molecule has 3 aromatic rings. The second-order valence-electron chi connectivity index (χ2n) is 5.54. The standard InChI is InChI=1S/C18H19N3O2/c1-21(2)20-18(22)17-11-14-10-15(8-9-16(14)19-17)23-12-13-6-4-3-5-7-13/h3-11,19H,12H2,1-2H3,(H,20,22). The minimum atomic E-state index is -0.169. The molecule has 3 rings (SSSR count). The summed E-state index contributed by atoms with van der Waals surface area (Å²) in [7, 11) is 3.55. The van der Waals surface area contributed by atoms with Crippen LogP contribution in [0.4, 0.5) is 0 Å². The molecule has 23 heavy (non-hydrogen) atoms. The number of H-pyrrole nitrogens is 1. The number of aromatic amines is 1. The fraction of sp³-hybridized carbons (Fsp3) is 0.167. The largest absolute Gasteiger partial charge is 0.489 e. The van der Waals surface area contributed by atoms with Crippen molar-refractivity contribution in [2.75, 3.05) is 14.1 Å². The maximum Gasteiger partial charge on any atom is 0.281 e. The molecule has 1 amide bonds. The van der Waals surface area contributed by atoms with Crippen molar-refractivity contribution in [1.82, 2.24) is 15.4 Å². The first kappa shape index (κ1) is 15.1. The van der Waals surface area contributed by atoms with Gasteiger partial charge in [-0.25, -0.2) is 5.01 Å². The fourth-order valence-electron chi connectivity index (χ4n) is 2.33. The summed E-state index contributed by atoms with van der Waals surface area (Å²) >= 11 is 0. The van der Waals surface area contributed by atoms with Crippen molar-refractivity contribution < 1.29 is 9.53 Å². The Morgan fingerprint density at radius 3 is 2.65 bits per heavy atom. The summed E-state index contributed by atoms with van der Waals surface area (Å²) in [6.07, 6.45) is 0. The topological polar surface area (TPSA) is 57.4 Å². The van der Waals surface area contributed by atoms with Crippen molar-refractivity contribution in [3.63, 3.8) is 0 Å². The van der Waals surface area contributed by atoms with E-state index in [9.17, 15) is 4.79 Å². The van der Waals surface area contributed by atoms with Crippen LogP contribution in [0.3, 0.4) is 0 Å². The van der Waals surface area contributed by atoms with Crippen molar-refractivity contribution in [3.8, 4) is 5.75 Å². The van der Waals surface area contributed by atoms with Gasteiger partial charge in [0, 0.05) is 25.0 Å². The number of nitrogens with zero attached hydrogens (tertiary/aromatic N) is 1. The Labute approximate surface area is 134 Å². The minimum Gasteiger partial charge on any atom is -0.489 e. The van der Waals surface area contributed by atoms with Crippen LogP contribution in [0.25, 0.3) is 10.9 Å². The number of benzene rings is 2. The first-order valence-corrected chi connectivity index (χ1v) is 7.39. The molecule has 0 fully saturated rings. The molecule has 1 heterocycles. The Kier molecular flexibility index (Phi) is 4.30. The molecule has 5 nitrogen and oxygen atoms in total. The van der Waals surface area contributed by atoms with Crippen LogP contribution in [0, 0.1) is 0 Å². The van der Waals surface area contributed by atoms with E-state index in [1.165, 1.54) is 0 Å². The van der Waals surface area contributed by atoms with Gasteiger partial charge in [0.1, 0.15) is 18.1 Å². The van der Waals surface area contributed by atoms with Crippen LogP contribution < -0.4 is 10.2 Å². The summed E-state index contributed by atoms with van der Waals surface area (Å²) in [5, 5.41) is 2.56. The van der Waals surface area contributed by atoms with Gasteiger partial charge in [0.15, 0.2) is 0 Å². The molecular weight excluding hydrogens is 290 g/mol. The van der Waals surface area contributed by atoms with E-state index in [0.717, 1.165) is 22.2 Å². The zero-order chi connectivity index (χ0) is 16.2. The van der Waals surface area contributed by atoms with Gasteiger partial charge in [0.05, 0.1) is 0 Å². The number of hydrazine groups is 1. The molecule has 0 bridgehead atoms. The van der Waals surface area contributed by atoms with Crippen molar-refractivity contribution in [1.29, 1.82) is 0 Å². The summed E-state index contributed by atoms with van der Waals surface area (Å²) in [6, 6.07) is 17.6. The highest BCUT2D eigenvalue weighted by Gasteiger charge is 2.10. The number of fused-ring (bicyclic) bond motifs is 1. The third-order valence-corrected chi connectivity index (χ3v) is 3.41. The van der Waals surface area contributed by atoms with Gasteiger partial charge in [0.25, 0.3) is 5.91 Å². The molecule has 0 atom stereocenters. The molecule has 1 aromatic heterocycles. The highest BCUT2D eigenvalue weighted by atomic mass is 16.5. The van der Waals surface area contributed by atoms with Crippen molar-refractivity contribution in [2.24, 2.45) is 0 Å². The predicted molar refractivity (Wildman–Crippen MR) is 90.2 cm³/mol. The van der Waals surface area contributed by atoms with Gasteiger partial charge in [-0.1, -0.05) is 30.3 Å². The van der Waals surface area contributed by atoms with E-state index < -0.39 is 0 Å². The van der Waals surface area contributed by atoms with Gasteiger partial charge in [-0.15, -0.1) is 0 Å². The smallest absolute Gasteiger partial charge is 0.281 e. The Morgan fingerprint density at radius 2 is 1.91 bits per heavy atom. The van der Waals surface area contributed by atoms with Crippen LogP contribution in [0.5, 0.6) is 5.75 Å². The monoisotopic (exact) mass is 309 g/mol. The summed E-state index contributed by atoms with van der Waals surface area (Å²) in [5.74, 6) is 0.609. The summed E-state index contributed by atoms with van der Waals surface area (Å²) < 4.78 is 5.81. The maximum atomic E-state index is 12.0. The lowest BCUT2D eigenvalue weighted by atomic mass is 10.2. The lowest BCUT2D eigenvalue weighted by molar-refractivity contribution is 0.0852. The maximum absolute atomic E-state index is 12.0. The number of ether oxygens (including phenoxy) is 1. The van der Waals surface area contributed by atoms with Crippen LogP contribution in [-0.2, 0) is 6.61 Å². The predicted octanol–water partition coefficient (Wildman–Crippen LogP) is 2.95. The van der Waals surface area contributed by atoms with Crippen LogP contribution in [0.1, 0.15) is 16.1 Å². The van der Waals surface area contributed by atoms with Gasteiger partial charge in [0.2, 0.25) is 0 Å². The van der Waals surface area contributed by atoms with Crippen LogP contribution >= 0.6 is 0 Å². The number of aromatic nitrogens is 1. The molecule has 5 heteroatoms. The number of rotatable bonds is 5. The summed E-state index contributed by atoms with van der Waals surface area (Å²) in [4.78, 5) is 15.1. The van der Waals surface area contributed by atoms with Gasteiger partial charge in [-0.2, -0.15) is 0 Å². The van der Waals surface area contributed by atoms with Gasteiger partial charge < -0.3 is 9.72 Å². The lowest BCUT2D eigenvalue weighted by Crippen LogP contribution is -2.36. The molecule has 118 valence electrons. The van der Waals surface area contributed by atoms with E-state index in [1.54, 1.807) is 19.1 Å². The highest BCUT2D eigenvalue weighted by Crippen LogP contribution is 2.22. The van der Waals surface area contributed by atoms with Crippen LogP contribution in [0.15, 0.2) is 54.6 Å². The Hall–Kier alpha value is -2.79. The van der Waals surface area contributed by atoms with Gasteiger partial charge >= 0.3 is 0 Å². The van der Waals surface area contributed by atoms with Crippen molar-refractivity contribution in [3.05, 3.63) is 65.9 Å². The minimum absolute atomic E-state index is 0.169. The summed E-state index contributed by atoms with van der Waals surface area (Å²) in [6.45, 7) is 0.519. The van der Waals surface area contributed by atoms with E-state index in [-0.39, 0.29) is 5.91 Å². The first-order chi connectivity index (χ1) is 11.1. The van der Waals surface area contributed by atoms with Crippen LogP contribution in [-0.4, -0.2) is 30.0 Å². The number of hydrogen-bond acceptors (Lipinski definition) is 3. The third-order valence-electron chi connectivity index (χ3n) is 3.41. The lowest BCUT2D eigenvalue weighted by Gasteiger charge is -2.10. The molecule has 0 saturated carbocycles. The van der Waals surface area contributed by atoms with Gasteiger partial charge in [-0.3, -0.25) is 10.2 Å². The van der Waals surface area contributed by atoms with E-state index in [1.807, 2.05) is 54.6 Å². The normalized spacial score (nSPS) is 10.9. The molecule has 2 aromatic carbocycles. The van der Waals surface area contributed by atoms with Crippen molar-refractivity contribution in [2.45, 2.75) is 6.61 Å². The van der Waals surface area contributed by atoms with E-state index in [0.29, 0.717) is 12.3 Å². The number of hydrogen-bond donors (Lipinski definition) is 2. The second kappa shape index (κ2) is 6.54. The fourth-order valence-corrected chi connectivity index (χ4v) is 2.33. The number of carbonyl (C=O) groups excluding carboxylic acids is 1. The quantitative estimate of drug-likeness (QED) is 0.712. The molecule has 0 aliphatic rings. The van der Waals surface area contributed by atoms with Gasteiger partial charge in [-0.05, 0) is 29.8 Å². The average molecular weight is 309 g/mol. The van der Waals surface area contributed by atoms with Crippen LogP contribution in [0.2, 0.25) is 0 Å². The molecule has 0 aliphatic heterocycles. The number of amides is 1. The van der Waals surface area contributed by atoms with E-state index in [4.69, 9.17) is 4.74 Å². The molecule has 0 unspecified atom stereocenters. The SMILES string of the molecule is CN(C)NC(=O)c1cc2cc(OCc3ccccc3)ccc2[nH]1. The molecule has 0 aliphatic carbocycles. The number of nitrogens with one attached hydrogen (secondary N) is 2. The molecule has 0 spiro atoms. The Balaban J connectivity index is 1.75. The van der Waals surface area contributed by atoms with E-state index in [2.05, 4.69) is 10.4 Å². The number of carbonyl (C=O) groups is 1.